The van der Waals surface area contributed by atoms with Crippen LogP contribution in [0.3, 0.4) is 0 Å². The van der Waals surface area contributed by atoms with E-state index in [0.717, 1.165) is 18.9 Å². The molecular formula is C12H14F3N. The van der Waals surface area contributed by atoms with Gasteiger partial charge >= 0.3 is 6.18 Å². The molecule has 0 radical (unpaired) electrons. The lowest BCUT2D eigenvalue weighted by Crippen LogP contribution is -2.17. The highest BCUT2D eigenvalue weighted by molar-refractivity contribution is 5.38. The van der Waals surface area contributed by atoms with Crippen LogP contribution in [-0.2, 0) is 6.18 Å². The van der Waals surface area contributed by atoms with Crippen LogP contribution in [0.4, 0.5) is 13.2 Å². The molecule has 1 atom stereocenters. The minimum absolute atomic E-state index is 0.248. The first-order chi connectivity index (χ1) is 7.41. The minimum Gasteiger partial charge on any atom is -0.324 e. The molecule has 1 fully saturated rings. The molecule has 0 saturated heterocycles. The molecule has 0 amide bonds. The molecule has 2 N–H and O–H groups in total. The van der Waals surface area contributed by atoms with E-state index in [1.54, 1.807) is 6.07 Å². The maximum absolute atomic E-state index is 12.7. The topological polar surface area (TPSA) is 26.0 Å². The molecule has 0 spiro atoms. The minimum atomic E-state index is -4.29. The van der Waals surface area contributed by atoms with Crippen LogP contribution in [0.1, 0.15) is 35.6 Å². The maximum Gasteiger partial charge on any atom is 0.416 e. The van der Waals surface area contributed by atoms with E-state index in [4.69, 9.17) is 5.73 Å². The Bertz CT molecular complexity index is 394. The lowest BCUT2D eigenvalue weighted by molar-refractivity contribution is -0.138. The predicted octanol–water partition coefficient (Wildman–Crippen LogP) is 3.42. The van der Waals surface area contributed by atoms with E-state index in [1.807, 2.05) is 0 Å². The Morgan fingerprint density at radius 3 is 2.44 bits per heavy atom. The number of rotatable bonds is 2. The zero-order chi connectivity index (χ0) is 11.9. The van der Waals surface area contributed by atoms with Gasteiger partial charge in [-0.2, -0.15) is 13.2 Å². The van der Waals surface area contributed by atoms with Crippen molar-refractivity contribution in [1.29, 1.82) is 0 Å². The number of hydrogen-bond donors (Lipinski definition) is 1. The van der Waals surface area contributed by atoms with Crippen LogP contribution in [0.25, 0.3) is 0 Å². The summed E-state index contributed by atoms with van der Waals surface area (Å²) in [5, 5.41) is 0. The summed E-state index contributed by atoms with van der Waals surface area (Å²) in [4.78, 5) is 0. The SMILES string of the molecule is Cc1c([C@H](N)C2CC2)cccc1C(F)(F)F. The standard InChI is InChI=1S/C12H14F3N/c1-7-9(11(16)8-5-6-8)3-2-4-10(7)12(13,14)15/h2-4,8,11H,5-6,16H2,1H3/t11-/m1/s1. The highest BCUT2D eigenvalue weighted by atomic mass is 19.4. The number of alkyl halides is 3. The van der Waals surface area contributed by atoms with Crippen LogP contribution in [0, 0.1) is 12.8 Å². The molecule has 1 nitrogen and oxygen atoms in total. The third-order valence-corrected chi connectivity index (χ3v) is 3.17. The van der Waals surface area contributed by atoms with Gasteiger partial charge in [-0.1, -0.05) is 12.1 Å². The van der Waals surface area contributed by atoms with E-state index in [2.05, 4.69) is 0 Å². The fourth-order valence-corrected chi connectivity index (χ4v) is 2.03. The van der Waals surface area contributed by atoms with Crippen molar-refractivity contribution < 1.29 is 13.2 Å². The average Bonchev–Trinajstić information content (AvgIpc) is 2.98. The van der Waals surface area contributed by atoms with Gasteiger partial charge in [0.1, 0.15) is 0 Å². The zero-order valence-electron chi connectivity index (χ0n) is 9.01. The highest BCUT2D eigenvalue weighted by Crippen LogP contribution is 2.42. The molecule has 88 valence electrons. The molecule has 1 aromatic carbocycles. The smallest absolute Gasteiger partial charge is 0.324 e. The number of nitrogens with two attached hydrogens (primary N) is 1. The Morgan fingerprint density at radius 1 is 1.31 bits per heavy atom. The third kappa shape index (κ3) is 2.07. The highest BCUT2D eigenvalue weighted by Gasteiger charge is 2.35. The van der Waals surface area contributed by atoms with Gasteiger partial charge in [-0.05, 0) is 42.9 Å². The van der Waals surface area contributed by atoms with Crippen LogP contribution in [0.5, 0.6) is 0 Å². The van der Waals surface area contributed by atoms with Gasteiger partial charge in [0.15, 0.2) is 0 Å². The van der Waals surface area contributed by atoms with Crippen molar-refractivity contribution in [3.05, 3.63) is 34.9 Å². The second-order valence-corrected chi connectivity index (χ2v) is 4.38. The Kier molecular flexibility index (Phi) is 2.70. The molecule has 0 heterocycles. The monoisotopic (exact) mass is 229 g/mol. The summed E-state index contributed by atoms with van der Waals surface area (Å²) in [6.45, 7) is 1.50. The first-order valence-electron chi connectivity index (χ1n) is 5.33. The molecule has 1 aliphatic rings. The molecular weight excluding hydrogens is 215 g/mol. The lowest BCUT2D eigenvalue weighted by Gasteiger charge is -2.18. The Hall–Kier alpha value is -1.03. The fraction of sp³-hybridized carbons (Fsp3) is 0.500. The molecule has 4 heteroatoms. The van der Waals surface area contributed by atoms with E-state index in [0.29, 0.717) is 11.5 Å². The van der Waals surface area contributed by atoms with E-state index >= 15 is 0 Å². The van der Waals surface area contributed by atoms with Gasteiger partial charge in [-0.15, -0.1) is 0 Å². The average molecular weight is 229 g/mol. The largest absolute Gasteiger partial charge is 0.416 e. The Morgan fingerprint density at radius 2 is 1.94 bits per heavy atom. The zero-order valence-corrected chi connectivity index (χ0v) is 9.01. The van der Waals surface area contributed by atoms with Crippen LogP contribution in [0.2, 0.25) is 0 Å². The predicted molar refractivity (Wildman–Crippen MR) is 55.8 cm³/mol. The lowest BCUT2D eigenvalue weighted by atomic mass is 9.94. The summed E-state index contributed by atoms with van der Waals surface area (Å²) in [6.07, 6.45) is -2.24. The van der Waals surface area contributed by atoms with Gasteiger partial charge in [0, 0.05) is 6.04 Å². The second kappa shape index (κ2) is 3.77. The number of halogens is 3. The maximum atomic E-state index is 12.7. The van der Waals surface area contributed by atoms with Crippen LogP contribution < -0.4 is 5.73 Å². The Labute approximate surface area is 92.5 Å². The fourth-order valence-electron chi connectivity index (χ4n) is 2.03. The van der Waals surface area contributed by atoms with Crippen molar-refractivity contribution in [2.24, 2.45) is 11.7 Å². The molecule has 0 aromatic heterocycles. The normalized spacial score (nSPS) is 18.6. The molecule has 0 bridgehead atoms. The van der Waals surface area contributed by atoms with Gasteiger partial charge in [0.05, 0.1) is 5.56 Å². The van der Waals surface area contributed by atoms with Crippen molar-refractivity contribution in [3.8, 4) is 0 Å². The van der Waals surface area contributed by atoms with Crippen LogP contribution in [0.15, 0.2) is 18.2 Å². The van der Waals surface area contributed by atoms with E-state index in [9.17, 15) is 13.2 Å². The van der Waals surface area contributed by atoms with E-state index in [-0.39, 0.29) is 11.6 Å². The van der Waals surface area contributed by atoms with Crippen molar-refractivity contribution >= 4 is 0 Å². The summed E-state index contributed by atoms with van der Waals surface area (Å²) >= 11 is 0. The van der Waals surface area contributed by atoms with Crippen LogP contribution in [-0.4, -0.2) is 0 Å². The summed E-state index contributed by atoms with van der Waals surface area (Å²) in [5.74, 6) is 0.363. The molecule has 1 saturated carbocycles. The summed E-state index contributed by atoms with van der Waals surface area (Å²) in [7, 11) is 0. The summed E-state index contributed by atoms with van der Waals surface area (Å²) in [6, 6.07) is 4.00. The molecule has 0 aliphatic heterocycles. The van der Waals surface area contributed by atoms with E-state index in [1.165, 1.54) is 13.0 Å². The van der Waals surface area contributed by atoms with Gasteiger partial charge in [-0.3, -0.25) is 0 Å². The first kappa shape index (κ1) is 11.5. The molecule has 0 unspecified atom stereocenters. The molecule has 1 aromatic rings. The first-order valence-corrected chi connectivity index (χ1v) is 5.33. The quantitative estimate of drug-likeness (QED) is 0.826. The summed E-state index contributed by atoms with van der Waals surface area (Å²) in [5.41, 5.74) is 6.29. The number of hydrogen-bond acceptors (Lipinski definition) is 1. The van der Waals surface area contributed by atoms with Crippen molar-refractivity contribution in [2.75, 3.05) is 0 Å². The Balaban J connectivity index is 2.39. The number of benzene rings is 1. The van der Waals surface area contributed by atoms with Crippen molar-refractivity contribution in [1.82, 2.24) is 0 Å². The summed E-state index contributed by atoms with van der Waals surface area (Å²) < 4.78 is 38.0. The second-order valence-electron chi connectivity index (χ2n) is 4.38. The molecule has 1 aliphatic carbocycles. The van der Waals surface area contributed by atoms with Gasteiger partial charge < -0.3 is 5.73 Å². The molecule has 2 rings (SSSR count). The van der Waals surface area contributed by atoms with Gasteiger partial charge in [-0.25, -0.2) is 0 Å². The van der Waals surface area contributed by atoms with E-state index < -0.39 is 11.7 Å². The van der Waals surface area contributed by atoms with Gasteiger partial charge in [0.2, 0.25) is 0 Å². The van der Waals surface area contributed by atoms with Crippen LogP contribution >= 0.6 is 0 Å². The molecule has 16 heavy (non-hydrogen) atoms. The van der Waals surface area contributed by atoms with Gasteiger partial charge in [0.25, 0.3) is 0 Å². The third-order valence-electron chi connectivity index (χ3n) is 3.17. The van der Waals surface area contributed by atoms with Crippen molar-refractivity contribution in [2.45, 2.75) is 32.0 Å². The van der Waals surface area contributed by atoms with Crippen molar-refractivity contribution in [3.63, 3.8) is 0 Å².